The van der Waals surface area contributed by atoms with Crippen molar-refractivity contribution in [3.63, 3.8) is 0 Å². The van der Waals surface area contributed by atoms with Crippen LogP contribution in [0, 0.1) is 5.41 Å². The number of rotatable bonds is 4. The zero-order chi connectivity index (χ0) is 14.8. The molecule has 2 aromatic rings. The van der Waals surface area contributed by atoms with E-state index in [4.69, 9.17) is 0 Å². The molecule has 106 valence electrons. The summed E-state index contributed by atoms with van der Waals surface area (Å²) in [7, 11) is 1.59. The number of amides is 2. The predicted octanol–water partition coefficient (Wildman–Crippen LogP) is 1.67. The maximum atomic E-state index is 12.1. The minimum atomic E-state index is -0.638. The first-order valence-corrected chi connectivity index (χ1v) is 6.51. The molecule has 0 radical (unpaired) electrons. The fourth-order valence-corrected chi connectivity index (χ4v) is 2.01. The summed E-state index contributed by atoms with van der Waals surface area (Å²) in [6.07, 6.45) is 1.83. The van der Waals surface area contributed by atoms with E-state index in [1.807, 2.05) is 18.3 Å². The summed E-state index contributed by atoms with van der Waals surface area (Å²) in [6, 6.07) is 7.42. The third-order valence-corrected chi connectivity index (χ3v) is 3.35. The molecule has 0 aliphatic heterocycles. The third kappa shape index (κ3) is 2.82. The highest BCUT2D eigenvalue weighted by atomic mass is 16.2. The zero-order valence-electron chi connectivity index (χ0n) is 11.9. The number of nitrogens with one attached hydrogen (secondary N) is 3. The van der Waals surface area contributed by atoms with Crippen LogP contribution in [0.15, 0.2) is 30.5 Å². The van der Waals surface area contributed by atoms with E-state index in [0.717, 1.165) is 10.9 Å². The summed E-state index contributed by atoms with van der Waals surface area (Å²) in [4.78, 5) is 26.8. The van der Waals surface area contributed by atoms with E-state index in [1.165, 1.54) is 0 Å². The van der Waals surface area contributed by atoms with Gasteiger partial charge in [0.05, 0.1) is 5.41 Å². The molecule has 0 atom stereocenters. The average molecular weight is 273 g/mol. The highest BCUT2D eigenvalue weighted by Gasteiger charge is 2.27. The van der Waals surface area contributed by atoms with Gasteiger partial charge >= 0.3 is 0 Å². The van der Waals surface area contributed by atoms with Gasteiger partial charge in [-0.1, -0.05) is 6.07 Å². The van der Waals surface area contributed by atoms with Crippen molar-refractivity contribution >= 4 is 22.7 Å². The second kappa shape index (κ2) is 5.36. The van der Waals surface area contributed by atoms with E-state index in [0.29, 0.717) is 5.56 Å². The van der Waals surface area contributed by atoms with Crippen molar-refractivity contribution in [2.45, 2.75) is 13.8 Å². The molecule has 0 bridgehead atoms. The summed E-state index contributed by atoms with van der Waals surface area (Å²) in [5, 5.41) is 6.45. The van der Waals surface area contributed by atoms with Crippen molar-refractivity contribution in [2.24, 2.45) is 5.41 Å². The Kier molecular flexibility index (Phi) is 3.79. The number of benzene rings is 1. The molecule has 20 heavy (non-hydrogen) atoms. The standard InChI is InChI=1S/C15H19N3O2/c1-15(2,14(20)16-3)9-18-13(19)11-5-4-10-6-7-17-12(10)8-11/h4-8,17H,9H2,1-3H3,(H,16,20)(H,18,19). The smallest absolute Gasteiger partial charge is 0.251 e. The monoisotopic (exact) mass is 273 g/mol. The number of carbonyl (C=O) groups excluding carboxylic acids is 2. The molecule has 1 aromatic carbocycles. The number of fused-ring (bicyclic) bond motifs is 1. The molecule has 3 N–H and O–H groups in total. The molecule has 1 aromatic heterocycles. The maximum Gasteiger partial charge on any atom is 0.251 e. The van der Waals surface area contributed by atoms with E-state index in [1.54, 1.807) is 33.0 Å². The van der Waals surface area contributed by atoms with Crippen LogP contribution < -0.4 is 10.6 Å². The first-order chi connectivity index (χ1) is 9.44. The summed E-state index contributed by atoms with van der Waals surface area (Å²) < 4.78 is 0. The Hall–Kier alpha value is -2.30. The van der Waals surface area contributed by atoms with Crippen LogP contribution in [0.3, 0.4) is 0 Å². The highest BCUT2D eigenvalue weighted by Crippen LogP contribution is 2.16. The summed E-state index contributed by atoms with van der Waals surface area (Å²) in [6.45, 7) is 3.87. The van der Waals surface area contributed by atoms with Gasteiger partial charge in [-0.15, -0.1) is 0 Å². The van der Waals surface area contributed by atoms with Gasteiger partial charge in [-0.3, -0.25) is 9.59 Å². The zero-order valence-corrected chi connectivity index (χ0v) is 11.9. The Balaban J connectivity index is 2.06. The van der Waals surface area contributed by atoms with E-state index < -0.39 is 5.41 Å². The molecule has 0 spiro atoms. The van der Waals surface area contributed by atoms with Crippen molar-refractivity contribution in [2.75, 3.05) is 13.6 Å². The van der Waals surface area contributed by atoms with Gasteiger partial charge in [-0.2, -0.15) is 0 Å². The van der Waals surface area contributed by atoms with Gasteiger partial charge < -0.3 is 15.6 Å². The molecule has 5 heteroatoms. The molecule has 2 rings (SSSR count). The number of carbonyl (C=O) groups is 2. The number of H-pyrrole nitrogens is 1. The van der Waals surface area contributed by atoms with Crippen molar-refractivity contribution in [3.8, 4) is 0 Å². The van der Waals surface area contributed by atoms with Crippen molar-refractivity contribution in [1.82, 2.24) is 15.6 Å². The fraction of sp³-hybridized carbons (Fsp3) is 0.333. The van der Waals surface area contributed by atoms with Crippen LogP contribution in [0.5, 0.6) is 0 Å². The lowest BCUT2D eigenvalue weighted by Gasteiger charge is -2.22. The van der Waals surface area contributed by atoms with E-state index in [-0.39, 0.29) is 18.4 Å². The van der Waals surface area contributed by atoms with E-state index in [9.17, 15) is 9.59 Å². The molecule has 2 amide bonds. The van der Waals surface area contributed by atoms with Gasteiger partial charge in [0, 0.05) is 30.9 Å². The first kappa shape index (κ1) is 14.1. The van der Waals surface area contributed by atoms with Crippen molar-refractivity contribution < 1.29 is 9.59 Å². The van der Waals surface area contributed by atoms with Crippen LogP contribution in [0.4, 0.5) is 0 Å². The van der Waals surface area contributed by atoms with Crippen LogP contribution in [-0.2, 0) is 4.79 Å². The number of hydrogen-bond donors (Lipinski definition) is 3. The number of aromatic nitrogens is 1. The predicted molar refractivity (Wildman–Crippen MR) is 78.5 cm³/mol. The van der Waals surface area contributed by atoms with Gasteiger partial charge in [0.25, 0.3) is 5.91 Å². The van der Waals surface area contributed by atoms with Crippen LogP contribution >= 0.6 is 0 Å². The summed E-state index contributed by atoms with van der Waals surface area (Å²) >= 11 is 0. The van der Waals surface area contributed by atoms with Crippen LogP contribution in [0.1, 0.15) is 24.2 Å². The van der Waals surface area contributed by atoms with E-state index in [2.05, 4.69) is 15.6 Å². The molecule has 0 aliphatic rings. The molecule has 0 saturated heterocycles. The van der Waals surface area contributed by atoms with Crippen molar-refractivity contribution in [1.29, 1.82) is 0 Å². The molecule has 5 nitrogen and oxygen atoms in total. The van der Waals surface area contributed by atoms with Gasteiger partial charge in [0.15, 0.2) is 0 Å². The first-order valence-electron chi connectivity index (χ1n) is 6.51. The van der Waals surface area contributed by atoms with Crippen LogP contribution in [0.2, 0.25) is 0 Å². The highest BCUT2D eigenvalue weighted by molar-refractivity contribution is 5.98. The van der Waals surface area contributed by atoms with Gasteiger partial charge in [-0.25, -0.2) is 0 Å². The Morgan fingerprint density at radius 2 is 2.00 bits per heavy atom. The average Bonchev–Trinajstić information content (AvgIpc) is 2.91. The Bertz CT molecular complexity index is 643. The summed E-state index contributed by atoms with van der Waals surface area (Å²) in [5.74, 6) is -0.281. The Morgan fingerprint density at radius 3 is 2.70 bits per heavy atom. The molecule has 0 saturated carbocycles. The second-order valence-electron chi connectivity index (χ2n) is 5.43. The molecule has 0 unspecified atom stereocenters. The van der Waals surface area contributed by atoms with Crippen LogP contribution in [-0.4, -0.2) is 30.4 Å². The molecule has 0 fully saturated rings. The van der Waals surface area contributed by atoms with Gasteiger partial charge in [0.1, 0.15) is 0 Å². The molecular weight excluding hydrogens is 254 g/mol. The van der Waals surface area contributed by atoms with Crippen molar-refractivity contribution in [3.05, 3.63) is 36.0 Å². The minimum absolute atomic E-state index is 0.0994. The van der Waals surface area contributed by atoms with Gasteiger partial charge in [-0.05, 0) is 37.4 Å². The lowest BCUT2D eigenvalue weighted by Crippen LogP contribution is -2.43. The molecule has 1 heterocycles. The lowest BCUT2D eigenvalue weighted by atomic mass is 9.92. The normalized spacial score (nSPS) is 11.3. The Morgan fingerprint density at radius 1 is 1.25 bits per heavy atom. The quantitative estimate of drug-likeness (QED) is 0.792. The fourth-order valence-electron chi connectivity index (χ4n) is 2.01. The number of hydrogen-bond acceptors (Lipinski definition) is 2. The largest absolute Gasteiger partial charge is 0.361 e. The lowest BCUT2D eigenvalue weighted by molar-refractivity contribution is -0.128. The molecular formula is C15H19N3O2. The second-order valence-corrected chi connectivity index (χ2v) is 5.43. The Labute approximate surface area is 117 Å². The maximum absolute atomic E-state index is 12.1. The minimum Gasteiger partial charge on any atom is -0.361 e. The summed E-state index contributed by atoms with van der Waals surface area (Å²) in [5.41, 5.74) is 0.858. The molecule has 0 aliphatic carbocycles. The topological polar surface area (TPSA) is 74.0 Å². The SMILES string of the molecule is CNC(=O)C(C)(C)CNC(=O)c1ccc2cc[nH]c2c1. The third-order valence-electron chi connectivity index (χ3n) is 3.35. The van der Waals surface area contributed by atoms with Gasteiger partial charge in [0.2, 0.25) is 5.91 Å². The van der Waals surface area contributed by atoms with Crippen LogP contribution in [0.25, 0.3) is 10.9 Å². The van der Waals surface area contributed by atoms with E-state index >= 15 is 0 Å². The number of aromatic amines is 1.